The molecule has 0 unspecified atom stereocenters. The van der Waals surface area contributed by atoms with Gasteiger partial charge in [-0.2, -0.15) is 0 Å². The summed E-state index contributed by atoms with van der Waals surface area (Å²) in [6, 6.07) is 0. The molecule has 0 aliphatic carbocycles. The lowest BCUT2D eigenvalue weighted by Gasteiger charge is -2.22. The number of carboxylic acids is 1. The predicted octanol–water partition coefficient (Wildman–Crippen LogP) is 5.16. The second-order valence-electron chi connectivity index (χ2n) is 4.63. The van der Waals surface area contributed by atoms with Gasteiger partial charge in [-0.3, -0.25) is 8.51 Å². The Morgan fingerprint density at radius 3 is 1.90 bits per heavy atom. The molecule has 0 bridgehead atoms. The largest absolute Gasteiger partial charge is 0.481 e. The Kier molecular flexibility index (Phi) is 14.1. The first-order valence-electron chi connectivity index (χ1n) is 7.42. The summed E-state index contributed by atoms with van der Waals surface area (Å²) in [5.74, 6) is 1.34. The van der Waals surface area contributed by atoms with Crippen LogP contribution in [0.1, 0.15) is 65.2 Å². The van der Waals surface area contributed by atoms with Crippen LogP contribution in [0.5, 0.6) is 0 Å². The first-order valence-corrected chi connectivity index (χ1v) is 9.71. The first-order chi connectivity index (χ1) is 9.61. The van der Waals surface area contributed by atoms with Gasteiger partial charge in [0.15, 0.2) is 0 Å². The van der Waals surface area contributed by atoms with Crippen molar-refractivity contribution in [2.75, 3.05) is 11.5 Å². The van der Waals surface area contributed by atoms with E-state index < -0.39 is 5.97 Å². The molecule has 118 valence electrons. The van der Waals surface area contributed by atoms with Gasteiger partial charge in [0.2, 0.25) is 0 Å². The lowest BCUT2D eigenvalue weighted by atomic mass is 10.3. The lowest BCUT2D eigenvalue weighted by molar-refractivity contribution is -0.136. The first kappa shape index (κ1) is 20.1. The highest BCUT2D eigenvalue weighted by molar-refractivity contribution is 8.13. The quantitative estimate of drug-likeness (QED) is 0.284. The van der Waals surface area contributed by atoms with Crippen molar-refractivity contribution in [3.63, 3.8) is 0 Å². The summed E-state index contributed by atoms with van der Waals surface area (Å²) in [6.45, 7) is 4.39. The lowest BCUT2D eigenvalue weighted by Crippen LogP contribution is -2.17. The zero-order valence-corrected chi connectivity index (χ0v) is 15.0. The Morgan fingerprint density at radius 1 is 1.00 bits per heavy atom. The topological polar surface area (TPSA) is 40.5 Å². The molecule has 0 radical (unpaired) electrons. The maximum Gasteiger partial charge on any atom is 0.303 e. The second kappa shape index (κ2) is 14.0. The smallest absolute Gasteiger partial charge is 0.303 e. The Bertz CT molecular complexity index is 263. The second-order valence-corrected chi connectivity index (χ2v) is 7.39. The fraction of sp³-hybridized carbons (Fsp3) is 0.857. The van der Waals surface area contributed by atoms with Gasteiger partial charge >= 0.3 is 5.97 Å². The molecule has 0 fully saturated rings. The Labute approximate surface area is 137 Å². The molecule has 0 aromatic heterocycles. The molecule has 0 aromatic carbocycles. The predicted molar refractivity (Wildman–Crippen MR) is 95.3 cm³/mol. The van der Waals surface area contributed by atoms with Crippen molar-refractivity contribution in [1.29, 1.82) is 0 Å². The fourth-order valence-corrected chi connectivity index (χ4v) is 4.12. The van der Waals surface area contributed by atoms with E-state index in [2.05, 4.69) is 17.6 Å². The Balaban J connectivity index is 4.07. The van der Waals surface area contributed by atoms with Gasteiger partial charge in [-0.05, 0) is 36.7 Å². The van der Waals surface area contributed by atoms with E-state index in [1.54, 1.807) is 23.9 Å². The number of carboxylic acid groups (broad SMARTS) is 1. The third kappa shape index (κ3) is 11.9. The van der Waals surface area contributed by atoms with E-state index in [0.29, 0.717) is 6.42 Å². The summed E-state index contributed by atoms with van der Waals surface area (Å²) in [7, 11) is 0. The van der Waals surface area contributed by atoms with E-state index in [4.69, 9.17) is 17.3 Å². The summed E-state index contributed by atoms with van der Waals surface area (Å²) in [4.78, 5) is 11.4. The fourth-order valence-electron chi connectivity index (χ4n) is 1.49. The van der Waals surface area contributed by atoms with E-state index in [0.717, 1.165) is 16.5 Å². The van der Waals surface area contributed by atoms with Crippen LogP contribution in [0.2, 0.25) is 0 Å². The zero-order valence-electron chi connectivity index (χ0n) is 12.6. The van der Waals surface area contributed by atoms with Crippen molar-refractivity contribution in [2.45, 2.75) is 65.2 Å². The summed E-state index contributed by atoms with van der Waals surface area (Å²) < 4.78 is 2.07. The van der Waals surface area contributed by atoms with Crippen LogP contribution in [0.3, 0.4) is 0 Å². The monoisotopic (exact) mass is 337 g/mol. The van der Waals surface area contributed by atoms with Crippen LogP contribution in [0.15, 0.2) is 0 Å². The molecule has 0 rings (SSSR count). The molecule has 6 heteroatoms. The molecule has 0 aliphatic rings. The third-order valence-electron chi connectivity index (χ3n) is 2.67. The number of thiocarbonyl (C=S) groups is 1. The van der Waals surface area contributed by atoms with Gasteiger partial charge < -0.3 is 5.11 Å². The zero-order chi connectivity index (χ0) is 15.2. The van der Waals surface area contributed by atoms with Gasteiger partial charge in [0.25, 0.3) is 0 Å². The molecular weight excluding hydrogens is 310 g/mol. The van der Waals surface area contributed by atoms with E-state index in [1.807, 2.05) is 0 Å². The van der Waals surface area contributed by atoms with E-state index >= 15 is 0 Å². The van der Waals surface area contributed by atoms with Crippen molar-refractivity contribution < 1.29 is 9.90 Å². The van der Waals surface area contributed by atoms with Gasteiger partial charge in [0, 0.05) is 17.9 Å². The molecule has 0 amide bonds. The van der Waals surface area contributed by atoms with Crippen molar-refractivity contribution >= 4 is 47.1 Å². The van der Waals surface area contributed by atoms with Gasteiger partial charge in [0.1, 0.15) is 0 Å². The highest BCUT2D eigenvalue weighted by atomic mass is 32.2. The maximum atomic E-state index is 10.6. The highest BCUT2D eigenvalue weighted by Crippen LogP contribution is 2.26. The minimum absolute atomic E-state index is 0.125. The number of carbonyl (C=O) groups is 1. The Hall–Kier alpha value is 0.0600. The summed E-state index contributed by atoms with van der Waals surface area (Å²) in [5, 5.41) is 8.74. The molecule has 0 heterocycles. The highest BCUT2D eigenvalue weighted by Gasteiger charge is 2.12. The minimum Gasteiger partial charge on any atom is -0.481 e. The van der Waals surface area contributed by atoms with E-state index in [9.17, 15) is 4.79 Å². The molecule has 0 atom stereocenters. The Morgan fingerprint density at radius 2 is 1.50 bits per heavy atom. The molecule has 20 heavy (non-hydrogen) atoms. The summed E-state index contributed by atoms with van der Waals surface area (Å²) in [6.07, 6.45) is 7.88. The molecule has 1 N–H and O–H groups in total. The van der Waals surface area contributed by atoms with E-state index in [1.165, 1.54) is 38.5 Å². The molecular formula is C14H27NO2S3. The van der Waals surface area contributed by atoms with Crippen LogP contribution < -0.4 is 0 Å². The standard InChI is InChI=1S/C14H27NO2S3/c1-3-5-7-11-19-15(20-12-8-6-4-2)13(18)9-10-14(16)17/h3-12H2,1-2H3,(H,16,17). The molecule has 0 saturated heterocycles. The SMILES string of the molecule is CCCCCSN(SCCCCC)C(=S)CCC(=O)O. The molecule has 3 nitrogen and oxygen atoms in total. The summed E-state index contributed by atoms with van der Waals surface area (Å²) >= 11 is 8.85. The average Bonchev–Trinajstić information content (AvgIpc) is 2.43. The average molecular weight is 338 g/mol. The van der Waals surface area contributed by atoms with Gasteiger partial charge in [-0.25, -0.2) is 0 Å². The van der Waals surface area contributed by atoms with Crippen molar-refractivity contribution in [1.82, 2.24) is 3.71 Å². The van der Waals surface area contributed by atoms with Crippen molar-refractivity contribution in [3.8, 4) is 0 Å². The summed E-state index contributed by atoms with van der Waals surface area (Å²) in [5.41, 5.74) is 0. The number of rotatable bonds is 13. The van der Waals surface area contributed by atoms with Crippen LogP contribution in [-0.2, 0) is 4.79 Å². The van der Waals surface area contributed by atoms with Crippen molar-refractivity contribution in [2.24, 2.45) is 0 Å². The van der Waals surface area contributed by atoms with Crippen LogP contribution in [-0.4, -0.2) is 31.3 Å². The number of unbranched alkanes of at least 4 members (excludes halogenated alkanes) is 4. The molecule has 0 saturated carbocycles. The number of nitrogens with zero attached hydrogens (tertiary/aromatic N) is 1. The normalized spacial score (nSPS) is 10.5. The third-order valence-corrected chi connectivity index (χ3v) is 5.77. The van der Waals surface area contributed by atoms with Crippen LogP contribution in [0, 0.1) is 0 Å². The number of hydrogen-bond donors (Lipinski definition) is 1. The van der Waals surface area contributed by atoms with E-state index in [-0.39, 0.29) is 6.42 Å². The van der Waals surface area contributed by atoms with Crippen LogP contribution >= 0.6 is 36.1 Å². The molecule has 0 spiro atoms. The number of aliphatic carboxylic acids is 1. The van der Waals surface area contributed by atoms with Crippen molar-refractivity contribution in [3.05, 3.63) is 0 Å². The van der Waals surface area contributed by atoms with Gasteiger partial charge in [-0.1, -0.05) is 51.7 Å². The maximum absolute atomic E-state index is 10.6. The molecule has 0 aliphatic heterocycles. The van der Waals surface area contributed by atoms with Gasteiger partial charge in [-0.15, -0.1) is 0 Å². The van der Waals surface area contributed by atoms with Crippen LogP contribution in [0.25, 0.3) is 0 Å². The van der Waals surface area contributed by atoms with Gasteiger partial charge in [0.05, 0.1) is 11.4 Å². The van der Waals surface area contributed by atoms with Crippen LogP contribution in [0.4, 0.5) is 0 Å². The minimum atomic E-state index is -0.778. The molecule has 0 aromatic rings. The number of hydrogen-bond acceptors (Lipinski definition) is 4.